The lowest BCUT2D eigenvalue weighted by Crippen LogP contribution is -2.37. The summed E-state index contributed by atoms with van der Waals surface area (Å²) in [4.78, 5) is 50.2. The molecule has 68 heavy (non-hydrogen) atoms. The van der Waals surface area contributed by atoms with Gasteiger partial charge < -0.3 is 19.9 Å². The molecule has 0 aliphatic carbocycles. The van der Waals surface area contributed by atoms with Crippen LogP contribution in [-0.4, -0.2) is 118 Å². The number of halogens is 2. The first-order chi connectivity index (χ1) is 33.0. The van der Waals surface area contributed by atoms with Crippen LogP contribution in [0.15, 0.2) is 126 Å². The van der Waals surface area contributed by atoms with Crippen LogP contribution in [0.2, 0.25) is 0 Å². The Hall–Kier alpha value is -6.86. The Balaban J connectivity index is 0.948. The zero-order valence-electron chi connectivity index (χ0n) is 37.1. The largest absolute Gasteiger partial charge is 0.379 e. The van der Waals surface area contributed by atoms with Crippen molar-refractivity contribution in [1.82, 2.24) is 44.2 Å². The van der Waals surface area contributed by atoms with Crippen molar-refractivity contribution in [3.8, 4) is 34.2 Å². The molecule has 0 bridgehead atoms. The third-order valence-electron chi connectivity index (χ3n) is 12.5. The standard InChI is InChI=1S/C50H45F2N9O5S2/c1-58(36-14-19-66-29-36)47(62)32-9-11-38-43(21-32)60(27-45(38)67(2)64)49-56-25-35(26-57-49)40-20-31(8-13-42(40)52)30-68(65)46-28-61(50-54-23-34(24-55-50)37-6-3-4-7-41(37)51)44-22-33(10-12-39(44)46)48(63)59-17-5-15-53-16-18-59/h3-4,6-13,20-28,36,53H,5,14-19,29-30H2,1-2H3. The summed E-state index contributed by atoms with van der Waals surface area (Å²) in [6.07, 6.45) is 12.6. The molecule has 3 atom stereocenters. The van der Waals surface area contributed by atoms with Crippen LogP contribution in [-0.2, 0) is 32.1 Å². The Bertz CT molecular complexity index is 3280. The molecule has 2 saturated heterocycles. The minimum Gasteiger partial charge on any atom is -0.379 e. The van der Waals surface area contributed by atoms with Crippen LogP contribution in [0.5, 0.6) is 0 Å². The molecule has 2 aliphatic heterocycles. The topological polar surface area (TPSA) is 157 Å². The normalized spacial score (nSPS) is 16.2. The molecule has 346 valence electrons. The highest BCUT2D eigenvalue weighted by Gasteiger charge is 2.27. The molecule has 14 nitrogen and oxygen atoms in total. The van der Waals surface area contributed by atoms with E-state index in [1.54, 1.807) is 106 Å². The molecule has 2 fully saturated rings. The van der Waals surface area contributed by atoms with E-state index in [0.29, 0.717) is 97.8 Å². The molecule has 4 aromatic carbocycles. The second-order valence-corrected chi connectivity index (χ2v) is 19.6. The van der Waals surface area contributed by atoms with Crippen molar-refractivity contribution in [2.75, 3.05) is 52.7 Å². The average molecular weight is 954 g/mol. The third-order valence-corrected chi connectivity index (χ3v) is 14.9. The zero-order valence-corrected chi connectivity index (χ0v) is 38.7. The van der Waals surface area contributed by atoms with Crippen molar-refractivity contribution >= 4 is 55.2 Å². The van der Waals surface area contributed by atoms with Crippen molar-refractivity contribution in [3.63, 3.8) is 0 Å². The average Bonchev–Trinajstić information content (AvgIpc) is 4.08. The van der Waals surface area contributed by atoms with Crippen LogP contribution in [0.3, 0.4) is 0 Å². The van der Waals surface area contributed by atoms with E-state index < -0.39 is 33.2 Å². The van der Waals surface area contributed by atoms with E-state index in [4.69, 9.17) is 4.74 Å². The van der Waals surface area contributed by atoms with Gasteiger partial charge in [-0.05, 0) is 67.4 Å². The van der Waals surface area contributed by atoms with E-state index in [1.165, 1.54) is 36.9 Å². The minimum atomic E-state index is -1.69. The molecule has 8 aromatic rings. The van der Waals surface area contributed by atoms with Crippen molar-refractivity contribution in [2.24, 2.45) is 0 Å². The number of hydrogen-bond donors (Lipinski definition) is 1. The highest BCUT2D eigenvalue weighted by Crippen LogP contribution is 2.33. The van der Waals surface area contributed by atoms with Gasteiger partial charge in [0.1, 0.15) is 11.6 Å². The van der Waals surface area contributed by atoms with Crippen LogP contribution in [0.25, 0.3) is 56.0 Å². The fourth-order valence-electron chi connectivity index (χ4n) is 8.80. The van der Waals surface area contributed by atoms with Gasteiger partial charge in [-0.3, -0.25) is 27.1 Å². The van der Waals surface area contributed by atoms with Crippen molar-refractivity contribution < 1.29 is 31.5 Å². The molecule has 2 aliphatic rings. The predicted molar refractivity (Wildman–Crippen MR) is 256 cm³/mol. The molecule has 2 amide bonds. The second-order valence-electron chi connectivity index (χ2n) is 16.8. The Labute approximate surface area is 394 Å². The monoisotopic (exact) mass is 953 g/mol. The first kappa shape index (κ1) is 44.9. The van der Waals surface area contributed by atoms with Crippen molar-refractivity contribution in [3.05, 3.63) is 144 Å². The van der Waals surface area contributed by atoms with Gasteiger partial charge in [0.25, 0.3) is 11.8 Å². The summed E-state index contributed by atoms with van der Waals surface area (Å²) in [7, 11) is -1.31. The Kier molecular flexibility index (Phi) is 12.6. The van der Waals surface area contributed by atoms with Gasteiger partial charge >= 0.3 is 0 Å². The number of benzene rings is 4. The molecule has 0 spiro atoms. The number of hydrogen-bond acceptors (Lipinski definition) is 10. The lowest BCUT2D eigenvalue weighted by atomic mass is 10.1. The molecule has 4 aromatic heterocycles. The predicted octanol–water partition coefficient (Wildman–Crippen LogP) is 7.11. The van der Waals surface area contributed by atoms with E-state index in [-0.39, 0.29) is 41.1 Å². The van der Waals surface area contributed by atoms with E-state index in [2.05, 4.69) is 25.3 Å². The molecular weight excluding hydrogens is 909 g/mol. The number of carbonyl (C=O) groups excluding carboxylic acids is 2. The smallest absolute Gasteiger partial charge is 0.254 e. The number of likely N-dealkylation sites (N-methyl/N-ethyl adjacent to an activating group) is 1. The lowest BCUT2D eigenvalue weighted by molar-refractivity contribution is 0.0710. The number of aromatic nitrogens is 6. The van der Waals surface area contributed by atoms with Gasteiger partial charge in [-0.2, -0.15) is 0 Å². The van der Waals surface area contributed by atoms with Crippen LogP contribution < -0.4 is 5.32 Å². The molecule has 1 N–H and O–H groups in total. The maximum Gasteiger partial charge on any atom is 0.254 e. The summed E-state index contributed by atoms with van der Waals surface area (Å²) in [6.45, 7) is 3.77. The van der Waals surface area contributed by atoms with Gasteiger partial charge in [0, 0.05) is 121 Å². The number of amides is 2. The van der Waals surface area contributed by atoms with Crippen molar-refractivity contribution in [1.29, 1.82) is 0 Å². The molecule has 0 radical (unpaired) electrons. The first-order valence-electron chi connectivity index (χ1n) is 22.1. The number of nitrogens with zero attached hydrogens (tertiary/aromatic N) is 8. The summed E-state index contributed by atoms with van der Waals surface area (Å²) in [5.41, 5.74) is 4.03. The maximum atomic E-state index is 15.7. The van der Waals surface area contributed by atoms with Crippen molar-refractivity contribution in [2.45, 2.75) is 34.4 Å². The quantitative estimate of drug-likeness (QED) is 0.142. The number of nitrogens with one attached hydrogen (secondary N) is 1. The highest BCUT2D eigenvalue weighted by atomic mass is 32.2. The summed E-state index contributed by atoms with van der Waals surface area (Å²) < 4.78 is 66.5. The van der Waals surface area contributed by atoms with Crippen LogP contribution in [0, 0.1) is 11.6 Å². The van der Waals surface area contributed by atoms with E-state index in [9.17, 15) is 22.4 Å². The molecule has 10 rings (SSSR count). The fraction of sp³-hybridized carbons (Fsp3) is 0.240. The highest BCUT2D eigenvalue weighted by molar-refractivity contribution is 7.84. The number of carbonyl (C=O) groups is 2. The Morgan fingerprint density at radius 3 is 2.07 bits per heavy atom. The second kappa shape index (κ2) is 19.0. The SMILES string of the molecule is CN(C(=O)c1ccc2c(S(C)=O)cn(-c3ncc(-c4cc(CS(=O)c5cn(-c6ncc(-c7ccccc7F)cn6)c6cc(C(=O)N7CCCNCC7)ccc56)ccc4F)cn3)c2c1)C1CCOC1. The lowest BCUT2D eigenvalue weighted by Gasteiger charge is -2.23. The summed E-state index contributed by atoms with van der Waals surface area (Å²) in [5, 5.41) is 4.62. The third kappa shape index (κ3) is 8.75. The number of ether oxygens (including phenoxy) is 1. The summed E-state index contributed by atoms with van der Waals surface area (Å²) in [5.74, 6) is -0.763. The molecule has 18 heteroatoms. The van der Waals surface area contributed by atoms with Gasteiger partial charge in [0.2, 0.25) is 11.9 Å². The molecular formula is C50H45F2N9O5S2. The number of fused-ring (bicyclic) bond motifs is 2. The maximum absolute atomic E-state index is 15.7. The Morgan fingerprint density at radius 1 is 0.765 bits per heavy atom. The minimum absolute atomic E-state index is 0.0101. The molecule has 6 heterocycles. The van der Waals surface area contributed by atoms with Gasteiger partial charge in [-0.25, -0.2) is 28.7 Å². The first-order valence-corrected chi connectivity index (χ1v) is 25.0. The van der Waals surface area contributed by atoms with E-state index >= 15 is 4.39 Å². The van der Waals surface area contributed by atoms with Gasteiger partial charge in [0.05, 0.1) is 60.8 Å². The van der Waals surface area contributed by atoms with Gasteiger partial charge in [0.15, 0.2) is 0 Å². The van der Waals surface area contributed by atoms with E-state index in [1.807, 2.05) is 4.90 Å². The van der Waals surface area contributed by atoms with Crippen LogP contribution in [0.4, 0.5) is 8.78 Å². The molecule has 0 saturated carbocycles. The summed E-state index contributed by atoms with van der Waals surface area (Å²) in [6, 6.07) is 21.3. The number of rotatable bonds is 11. The van der Waals surface area contributed by atoms with Gasteiger partial charge in [-0.1, -0.05) is 36.4 Å². The summed E-state index contributed by atoms with van der Waals surface area (Å²) >= 11 is 0. The Morgan fingerprint density at radius 2 is 1.40 bits per heavy atom. The zero-order chi connectivity index (χ0) is 47.1. The van der Waals surface area contributed by atoms with Gasteiger partial charge in [-0.15, -0.1) is 0 Å². The van der Waals surface area contributed by atoms with E-state index in [0.717, 1.165) is 19.4 Å². The molecule has 3 unspecified atom stereocenters. The van der Waals surface area contributed by atoms with Crippen LogP contribution in [0.1, 0.15) is 39.1 Å². The fourth-order valence-corrected chi connectivity index (χ4v) is 10.8. The van der Waals surface area contributed by atoms with Crippen LogP contribution >= 0.6 is 0 Å².